The lowest BCUT2D eigenvalue weighted by Gasteiger charge is -2.11. The summed E-state index contributed by atoms with van der Waals surface area (Å²) in [6, 6.07) is 7.08. The van der Waals surface area contributed by atoms with Crippen LogP contribution >= 0.6 is 0 Å². The Kier molecular flexibility index (Phi) is 2.44. The van der Waals surface area contributed by atoms with Crippen molar-refractivity contribution in [3.63, 3.8) is 0 Å². The lowest BCUT2D eigenvalue weighted by Crippen LogP contribution is -2.13. The molecule has 0 radical (unpaired) electrons. The Balaban J connectivity index is 2.21. The zero-order valence-corrected chi connectivity index (χ0v) is 8.31. The topological polar surface area (TPSA) is 38.7 Å². The minimum absolute atomic E-state index is 0.0691. The molecule has 1 heterocycles. The van der Waals surface area contributed by atoms with Crippen LogP contribution in [0.5, 0.6) is 5.75 Å². The molecule has 1 aliphatic heterocycles. The standard InChI is InChI=1S/C11H14O3/c1-7-8(2)14-11(13-7)9-5-3-4-6-10(9)12/h3-8,11-12H,1-2H3/t7-,8-/m1/s1. The van der Waals surface area contributed by atoms with Gasteiger partial charge in [0, 0.05) is 5.56 Å². The van der Waals surface area contributed by atoms with Gasteiger partial charge in [0.2, 0.25) is 0 Å². The van der Waals surface area contributed by atoms with E-state index in [1.54, 1.807) is 12.1 Å². The fourth-order valence-corrected chi connectivity index (χ4v) is 1.48. The number of hydrogen-bond acceptors (Lipinski definition) is 3. The van der Waals surface area contributed by atoms with Gasteiger partial charge in [-0.3, -0.25) is 0 Å². The average Bonchev–Trinajstić information content (AvgIpc) is 2.48. The summed E-state index contributed by atoms with van der Waals surface area (Å²) in [5, 5.41) is 9.58. The van der Waals surface area contributed by atoms with Crippen molar-refractivity contribution in [3.05, 3.63) is 29.8 Å². The van der Waals surface area contributed by atoms with Crippen LogP contribution in [0.3, 0.4) is 0 Å². The van der Waals surface area contributed by atoms with E-state index >= 15 is 0 Å². The largest absolute Gasteiger partial charge is 0.507 e. The quantitative estimate of drug-likeness (QED) is 0.745. The molecule has 1 N–H and O–H groups in total. The first-order valence-corrected chi connectivity index (χ1v) is 4.77. The molecule has 1 aromatic rings. The molecule has 0 spiro atoms. The van der Waals surface area contributed by atoms with Gasteiger partial charge in [-0.15, -0.1) is 0 Å². The first kappa shape index (κ1) is 9.49. The summed E-state index contributed by atoms with van der Waals surface area (Å²) >= 11 is 0. The van der Waals surface area contributed by atoms with E-state index in [4.69, 9.17) is 9.47 Å². The second-order valence-electron chi connectivity index (χ2n) is 3.57. The van der Waals surface area contributed by atoms with Crippen molar-refractivity contribution < 1.29 is 14.6 Å². The highest BCUT2D eigenvalue weighted by molar-refractivity contribution is 5.33. The number of ether oxygens (including phenoxy) is 2. The van der Waals surface area contributed by atoms with Gasteiger partial charge in [0.25, 0.3) is 0 Å². The van der Waals surface area contributed by atoms with Crippen molar-refractivity contribution >= 4 is 0 Å². The van der Waals surface area contributed by atoms with Crippen molar-refractivity contribution in [3.8, 4) is 5.75 Å². The monoisotopic (exact) mass is 194 g/mol. The molecule has 3 nitrogen and oxygen atoms in total. The fraction of sp³-hybridized carbons (Fsp3) is 0.455. The number of hydrogen-bond donors (Lipinski definition) is 1. The minimum atomic E-state index is -0.429. The molecule has 1 fully saturated rings. The number of aromatic hydroxyl groups is 1. The van der Waals surface area contributed by atoms with Gasteiger partial charge in [0.15, 0.2) is 6.29 Å². The Bertz CT molecular complexity index is 314. The van der Waals surface area contributed by atoms with Crippen LogP contribution in [0.15, 0.2) is 24.3 Å². The van der Waals surface area contributed by atoms with Gasteiger partial charge in [-0.1, -0.05) is 18.2 Å². The predicted molar refractivity (Wildman–Crippen MR) is 51.9 cm³/mol. The molecule has 14 heavy (non-hydrogen) atoms. The summed E-state index contributed by atoms with van der Waals surface area (Å²) in [6.45, 7) is 3.93. The molecule has 2 rings (SSSR count). The second-order valence-corrected chi connectivity index (χ2v) is 3.57. The van der Waals surface area contributed by atoms with Crippen molar-refractivity contribution in [1.82, 2.24) is 0 Å². The maximum atomic E-state index is 9.58. The Morgan fingerprint density at radius 1 is 1.07 bits per heavy atom. The van der Waals surface area contributed by atoms with E-state index in [2.05, 4.69) is 0 Å². The SMILES string of the molecule is C[C@H]1OC(c2ccccc2O)O[C@@H]1C. The molecule has 0 saturated carbocycles. The number of benzene rings is 1. The Morgan fingerprint density at radius 2 is 1.64 bits per heavy atom. The molecule has 3 heteroatoms. The molecule has 1 saturated heterocycles. The highest BCUT2D eigenvalue weighted by Crippen LogP contribution is 2.34. The first-order valence-electron chi connectivity index (χ1n) is 4.77. The smallest absolute Gasteiger partial charge is 0.188 e. The summed E-state index contributed by atoms with van der Waals surface area (Å²) in [5.41, 5.74) is 0.698. The maximum absolute atomic E-state index is 9.58. The van der Waals surface area contributed by atoms with E-state index < -0.39 is 6.29 Å². The summed E-state index contributed by atoms with van der Waals surface area (Å²) in [7, 11) is 0. The van der Waals surface area contributed by atoms with Gasteiger partial charge in [0.05, 0.1) is 12.2 Å². The third-order valence-corrected chi connectivity index (χ3v) is 2.53. The van der Waals surface area contributed by atoms with E-state index in [1.165, 1.54) is 0 Å². The van der Waals surface area contributed by atoms with Crippen LogP contribution in [0.4, 0.5) is 0 Å². The van der Waals surface area contributed by atoms with Gasteiger partial charge in [-0.25, -0.2) is 0 Å². The Labute approximate surface area is 83.3 Å². The van der Waals surface area contributed by atoms with E-state index in [0.717, 1.165) is 0 Å². The van der Waals surface area contributed by atoms with E-state index in [-0.39, 0.29) is 18.0 Å². The second kappa shape index (κ2) is 3.59. The molecule has 2 atom stereocenters. The molecule has 0 aliphatic carbocycles. The van der Waals surface area contributed by atoms with Crippen LogP contribution in [0.2, 0.25) is 0 Å². The number of phenols is 1. The van der Waals surface area contributed by atoms with E-state index in [1.807, 2.05) is 26.0 Å². The van der Waals surface area contributed by atoms with Crippen LogP contribution in [0.25, 0.3) is 0 Å². The van der Waals surface area contributed by atoms with Crippen LogP contribution in [-0.4, -0.2) is 17.3 Å². The predicted octanol–water partition coefficient (Wildman–Crippen LogP) is 2.21. The van der Waals surface area contributed by atoms with Crippen molar-refractivity contribution in [2.75, 3.05) is 0 Å². The Morgan fingerprint density at radius 3 is 2.21 bits per heavy atom. The van der Waals surface area contributed by atoms with E-state index in [0.29, 0.717) is 5.56 Å². The minimum Gasteiger partial charge on any atom is -0.507 e. The number of para-hydroxylation sites is 1. The average molecular weight is 194 g/mol. The summed E-state index contributed by atoms with van der Waals surface area (Å²) in [4.78, 5) is 0. The summed E-state index contributed by atoms with van der Waals surface area (Å²) in [5.74, 6) is 0.221. The lowest BCUT2D eigenvalue weighted by atomic mass is 10.2. The van der Waals surface area contributed by atoms with Gasteiger partial charge in [-0.05, 0) is 19.9 Å². The van der Waals surface area contributed by atoms with Crippen LogP contribution in [0, 0.1) is 0 Å². The molecule has 0 aromatic heterocycles. The fourth-order valence-electron chi connectivity index (χ4n) is 1.48. The third-order valence-electron chi connectivity index (χ3n) is 2.53. The number of rotatable bonds is 1. The van der Waals surface area contributed by atoms with Gasteiger partial charge < -0.3 is 14.6 Å². The molecule has 1 aromatic carbocycles. The van der Waals surface area contributed by atoms with Crippen molar-refractivity contribution in [2.24, 2.45) is 0 Å². The van der Waals surface area contributed by atoms with Crippen LogP contribution in [-0.2, 0) is 9.47 Å². The third kappa shape index (κ3) is 1.61. The van der Waals surface area contributed by atoms with Gasteiger partial charge in [-0.2, -0.15) is 0 Å². The number of phenolic OH excluding ortho intramolecular Hbond substituents is 1. The van der Waals surface area contributed by atoms with Gasteiger partial charge >= 0.3 is 0 Å². The molecule has 0 amide bonds. The molecule has 0 bridgehead atoms. The summed E-state index contributed by atoms with van der Waals surface area (Å²) < 4.78 is 11.1. The molecule has 76 valence electrons. The van der Waals surface area contributed by atoms with Crippen molar-refractivity contribution in [1.29, 1.82) is 0 Å². The molecule has 1 aliphatic rings. The van der Waals surface area contributed by atoms with Crippen molar-refractivity contribution in [2.45, 2.75) is 32.3 Å². The Hall–Kier alpha value is -1.06. The normalized spacial score (nSPS) is 28.1. The molecular weight excluding hydrogens is 180 g/mol. The maximum Gasteiger partial charge on any atom is 0.188 e. The zero-order valence-electron chi connectivity index (χ0n) is 8.31. The van der Waals surface area contributed by atoms with E-state index in [9.17, 15) is 5.11 Å². The lowest BCUT2D eigenvalue weighted by molar-refractivity contribution is -0.0664. The molecular formula is C11H14O3. The molecule has 0 unspecified atom stereocenters. The van der Waals surface area contributed by atoms with Crippen LogP contribution in [0.1, 0.15) is 25.7 Å². The van der Waals surface area contributed by atoms with Gasteiger partial charge in [0.1, 0.15) is 5.75 Å². The zero-order chi connectivity index (χ0) is 10.1. The summed E-state index contributed by atoms with van der Waals surface area (Å²) in [6.07, 6.45) is -0.291. The highest BCUT2D eigenvalue weighted by Gasteiger charge is 2.31. The first-order chi connectivity index (χ1) is 6.68. The van der Waals surface area contributed by atoms with Crippen LogP contribution < -0.4 is 0 Å². The highest BCUT2D eigenvalue weighted by atomic mass is 16.7.